The van der Waals surface area contributed by atoms with Crippen molar-refractivity contribution in [3.63, 3.8) is 0 Å². The van der Waals surface area contributed by atoms with E-state index in [4.69, 9.17) is 21.1 Å². The van der Waals surface area contributed by atoms with E-state index in [2.05, 4.69) is 15.4 Å². The summed E-state index contributed by atoms with van der Waals surface area (Å²) < 4.78 is 12.8. The fraction of sp³-hybridized carbons (Fsp3) is 0.350. The molecule has 152 valence electrons. The number of para-hydroxylation sites is 1. The summed E-state index contributed by atoms with van der Waals surface area (Å²) in [6.45, 7) is 1.86. The van der Waals surface area contributed by atoms with E-state index in [0.29, 0.717) is 42.8 Å². The van der Waals surface area contributed by atoms with Crippen LogP contribution in [-0.4, -0.2) is 41.0 Å². The molecule has 1 aliphatic rings. The Morgan fingerprint density at radius 2 is 2.10 bits per heavy atom. The van der Waals surface area contributed by atoms with Crippen molar-refractivity contribution in [2.45, 2.75) is 25.3 Å². The summed E-state index contributed by atoms with van der Waals surface area (Å²) in [6.07, 6.45) is 1.68. The third kappa shape index (κ3) is 4.44. The highest BCUT2D eigenvalue weighted by molar-refractivity contribution is 7.16. The van der Waals surface area contributed by atoms with E-state index in [0.717, 1.165) is 22.1 Å². The molecule has 0 aliphatic carbocycles. The molecule has 1 aliphatic heterocycles. The number of benzene rings is 1. The zero-order chi connectivity index (χ0) is 20.2. The highest BCUT2D eigenvalue weighted by Gasteiger charge is 2.26. The van der Waals surface area contributed by atoms with Crippen LogP contribution in [0.1, 0.15) is 39.8 Å². The number of hydrogen-bond donors (Lipinski definition) is 1. The average Bonchev–Trinajstić information content (AvgIpc) is 3.38. The molecule has 1 aromatic carbocycles. The maximum Gasteiger partial charge on any atom is 0.285 e. The van der Waals surface area contributed by atoms with Gasteiger partial charge < -0.3 is 14.8 Å². The van der Waals surface area contributed by atoms with Crippen LogP contribution in [0.2, 0.25) is 4.34 Å². The van der Waals surface area contributed by atoms with Gasteiger partial charge in [-0.25, -0.2) is 0 Å². The summed E-state index contributed by atoms with van der Waals surface area (Å²) in [7, 11) is 1.54. The molecule has 9 heteroatoms. The minimum atomic E-state index is -0.292. The van der Waals surface area contributed by atoms with Crippen LogP contribution >= 0.6 is 22.9 Å². The van der Waals surface area contributed by atoms with E-state index < -0.39 is 0 Å². The Labute approximate surface area is 177 Å². The molecule has 3 heterocycles. The second-order valence-electron chi connectivity index (χ2n) is 6.66. The SMILES string of the molecule is COc1ccccc1C(=O)n1nc(C2CCOCC2)nc1NCc1ccc(Cl)s1. The number of aromatic nitrogens is 3. The van der Waals surface area contributed by atoms with Gasteiger partial charge in [0.15, 0.2) is 5.82 Å². The predicted octanol–water partition coefficient (Wildman–Crippen LogP) is 4.20. The molecule has 0 saturated carbocycles. The van der Waals surface area contributed by atoms with Crippen LogP contribution in [0.4, 0.5) is 5.95 Å². The van der Waals surface area contributed by atoms with E-state index in [1.54, 1.807) is 25.3 Å². The van der Waals surface area contributed by atoms with Crippen molar-refractivity contribution in [1.29, 1.82) is 0 Å². The van der Waals surface area contributed by atoms with Crippen LogP contribution in [0, 0.1) is 0 Å². The van der Waals surface area contributed by atoms with E-state index in [1.807, 2.05) is 18.2 Å². The molecule has 2 aromatic heterocycles. The van der Waals surface area contributed by atoms with Gasteiger partial charge in [-0.1, -0.05) is 23.7 Å². The summed E-state index contributed by atoms with van der Waals surface area (Å²) in [5.41, 5.74) is 0.431. The summed E-state index contributed by atoms with van der Waals surface area (Å²) in [5.74, 6) is 1.44. The highest BCUT2D eigenvalue weighted by atomic mass is 35.5. The Morgan fingerprint density at radius 1 is 1.31 bits per heavy atom. The molecular formula is C20H21ClN4O3S. The van der Waals surface area contributed by atoms with E-state index in [-0.39, 0.29) is 11.8 Å². The smallest absolute Gasteiger partial charge is 0.285 e. The normalized spacial score (nSPS) is 14.7. The standard InChI is InChI=1S/C20H21ClN4O3S/c1-27-16-5-3-2-4-15(16)19(26)25-20(22-12-14-6-7-17(21)29-14)23-18(24-25)13-8-10-28-11-9-13/h2-7,13H,8-12H2,1H3,(H,22,23,24). The Hall–Kier alpha value is -2.42. The minimum Gasteiger partial charge on any atom is -0.496 e. The first kappa shape index (κ1) is 19.9. The minimum absolute atomic E-state index is 0.173. The molecular weight excluding hydrogens is 412 g/mol. The van der Waals surface area contributed by atoms with Crippen molar-refractivity contribution in [2.75, 3.05) is 25.6 Å². The van der Waals surface area contributed by atoms with Crippen LogP contribution < -0.4 is 10.1 Å². The van der Waals surface area contributed by atoms with Gasteiger partial charge in [-0.3, -0.25) is 4.79 Å². The highest BCUT2D eigenvalue weighted by Crippen LogP contribution is 2.28. The molecule has 1 saturated heterocycles. The number of nitrogens with one attached hydrogen (secondary N) is 1. The van der Waals surface area contributed by atoms with Crippen LogP contribution in [-0.2, 0) is 11.3 Å². The van der Waals surface area contributed by atoms with Crippen LogP contribution in [0.3, 0.4) is 0 Å². The number of ether oxygens (including phenoxy) is 2. The van der Waals surface area contributed by atoms with Crippen molar-refractivity contribution < 1.29 is 14.3 Å². The molecule has 29 heavy (non-hydrogen) atoms. The van der Waals surface area contributed by atoms with Crippen molar-refractivity contribution in [1.82, 2.24) is 14.8 Å². The molecule has 1 N–H and O–H groups in total. The zero-order valence-electron chi connectivity index (χ0n) is 15.9. The molecule has 0 atom stereocenters. The number of methoxy groups -OCH3 is 1. The third-order valence-corrected chi connectivity index (χ3v) is 6.02. The molecule has 0 spiro atoms. The first-order chi connectivity index (χ1) is 14.2. The molecule has 7 nitrogen and oxygen atoms in total. The second-order valence-corrected chi connectivity index (χ2v) is 8.46. The quantitative estimate of drug-likeness (QED) is 0.629. The van der Waals surface area contributed by atoms with Gasteiger partial charge in [0.1, 0.15) is 5.75 Å². The van der Waals surface area contributed by atoms with Crippen LogP contribution in [0.15, 0.2) is 36.4 Å². The zero-order valence-corrected chi connectivity index (χ0v) is 17.5. The van der Waals surface area contributed by atoms with Gasteiger partial charge in [0, 0.05) is 24.0 Å². The number of thiophene rings is 1. The molecule has 0 radical (unpaired) electrons. The van der Waals surface area contributed by atoms with E-state index >= 15 is 0 Å². The lowest BCUT2D eigenvalue weighted by Crippen LogP contribution is -2.19. The van der Waals surface area contributed by atoms with Crippen LogP contribution in [0.25, 0.3) is 0 Å². The third-order valence-electron chi connectivity index (χ3n) is 4.79. The lowest BCUT2D eigenvalue weighted by atomic mass is 10.00. The maximum atomic E-state index is 13.3. The van der Waals surface area contributed by atoms with Gasteiger partial charge in [0.2, 0.25) is 5.95 Å². The fourth-order valence-electron chi connectivity index (χ4n) is 3.26. The average molecular weight is 433 g/mol. The Balaban J connectivity index is 1.65. The number of carbonyl (C=O) groups excluding carboxylic acids is 1. The van der Waals surface area contributed by atoms with E-state index in [9.17, 15) is 4.79 Å². The molecule has 0 amide bonds. The maximum absolute atomic E-state index is 13.3. The second kappa shape index (κ2) is 8.94. The number of anilines is 1. The monoisotopic (exact) mass is 432 g/mol. The Bertz CT molecular complexity index is 997. The summed E-state index contributed by atoms with van der Waals surface area (Å²) >= 11 is 7.50. The Kier molecular flexibility index (Phi) is 6.13. The lowest BCUT2D eigenvalue weighted by molar-refractivity contribution is 0.0833. The van der Waals surface area contributed by atoms with E-state index in [1.165, 1.54) is 16.0 Å². The summed E-state index contributed by atoms with van der Waals surface area (Å²) in [4.78, 5) is 19.0. The predicted molar refractivity (Wildman–Crippen MR) is 112 cm³/mol. The number of carbonyl (C=O) groups is 1. The number of nitrogens with zero attached hydrogens (tertiary/aromatic N) is 3. The fourth-order valence-corrected chi connectivity index (χ4v) is 4.29. The van der Waals surface area contributed by atoms with Crippen molar-refractivity contribution in [2.24, 2.45) is 0 Å². The molecule has 3 aromatic rings. The first-order valence-corrected chi connectivity index (χ1v) is 10.6. The van der Waals surface area contributed by atoms with Crippen LogP contribution in [0.5, 0.6) is 5.75 Å². The van der Waals surface area contributed by atoms with Crippen molar-refractivity contribution in [3.05, 3.63) is 57.0 Å². The van der Waals surface area contributed by atoms with Gasteiger partial charge >= 0.3 is 0 Å². The number of hydrogen-bond acceptors (Lipinski definition) is 7. The summed E-state index contributed by atoms with van der Waals surface area (Å²) in [6, 6.07) is 10.9. The summed E-state index contributed by atoms with van der Waals surface area (Å²) in [5, 5.41) is 7.80. The Morgan fingerprint density at radius 3 is 2.83 bits per heavy atom. The van der Waals surface area contributed by atoms with Gasteiger partial charge in [-0.05, 0) is 37.1 Å². The molecule has 4 rings (SSSR count). The lowest BCUT2D eigenvalue weighted by Gasteiger charge is -2.18. The van der Waals surface area contributed by atoms with Gasteiger partial charge in [-0.2, -0.15) is 9.67 Å². The van der Waals surface area contributed by atoms with Crippen molar-refractivity contribution >= 4 is 34.8 Å². The number of halogens is 1. The largest absolute Gasteiger partial charge is 0.496 e. The van der Waals surface area contributed by atoms with Gasteiger partial charge in [0.05, 0.1) is 23.6 Å². The van der Waals surface area contributed by atoms with Gasteiger partial charge in [0.25, 0.3) is 5.91 Å². The van der Waals surface area contributed by atoms with Gasteiger partial charge in [-0.15, -0.1) is 16.4 Å². The molecule has 0 unspecified atom stereocenters. The first-order valence-electron chi connectivity index (χ1n) is 9.36. The number of rotatable bonds is 6. The molecule has 0 bridgehead atoms. The van der Waals surface area contributed by atoms with Crippen molar-refractivity contribution in [3.8, 4) is 5.75 Å². The topological polar surface area (TPSA) is 78.3 Å². The molecule has 1 fully saturated rings.